The molecular weight excluding hydrogens is 318 g/mol. The number of carbonyl (C=O) groups is 2. The highest BCUT2D eigenvalue weighted by molar-refractivity contribution is 9.10. The van der Waals surface area contributed by atoms with Crippen molar-refractivity contribution in [2.45, 2.75) is 18.6 Å². The first-order chi connectivity index (χ1) is 8.90. The van der Waals surface area contributed by atoms with Gasteiger partial charge in [-0.05, 0) is 18.2 Å². The number of phenolic OH excluding ortho intramolecular Hbond substituents is 1. The molecule has 1 aliphatic heterocycles. The molecule has 0 saturated carbocycles. The van der Waals surface area contributed by atoms with Gasteiger partial charge in [0, 0.05) is 17.4 Å². The van der Waals surface area contributed by atoms with Crippen molar-refractivity contribution in [1.82, 2.24) is 4.90 Å². The first kappa shape index (κ1) is 13.8. The predicted octanol–water partition coefficient (Wildman–Crippen LogP) is 0.815. The number of aliphatic carboxylic acids is 1. The van der Waals surface area contributed by atoms with Crippen LogP contribution >= 0.6 is 15.9 Å². The summed E-state index contributed by atoms with van der Waals surface area (Å²) < 4.78 is 0.609. The zero-order valence-corrected chi connectivity index (χ0v) is 11.4. The van der Waals surface area contributed by atoms with Crippen molar-refractivity contribution < 1.29 is 24.9 Å². The number of aliphatic hydroxyl groups is 1. The fourth-order valence-electron chi connectivity index (χ4n) is 2.11. The van der Waals surface area contributed by atoms with Crippen molar-refractivity contribution in [2.24, 2.45) is 0 Å². The number of carboxylic acid groups (broad SMARTS) is 1. The number of benzene rings is 1. The van der Waals surface area contributed by atoms with E-state index in [1.54, 1.807) is 6.07 Å². The molecular formula is C12H12BrNO5. The summed E-state index contributed by atoms with van der Waals surface area (Å²) in [7, 11) is 0. The molecule has 0 radical (unpaired) electrons. The fourth-order valence-corrected chi connectivity index (χ4v) is 2.46. The summed E-state index contributed by atoms with van der Waals surface area (Å²) in [6.07, 6.45) is -0.860. The second-order valence-electron chi connectivity index (χ2n) is 4.36. The summed E-state index contributed by atoms with van der Waals surface area (Å²) in [5.74, 6) is -2.00. The minimum atomic E-state index is -1.17. The fraction of sp³-hybridized carbons (Fsp3) is 0.333. The summed E-state index contributed by atoms with van der Waals surface area (Å²) in [6, 6.07) is 3.28. The third kappa shape index (κ3) is 2.71. The molecule has 6 nitrogen and oxygen atoms in total. The molecule has 0 spiro atoms. The van der Waals surface area contributed by atoms with E-state index in [9.17, 15) is 19.8 Å². The molecule has 1 aromatic rings. The van der Waals surface area contributed by atoms with Crippen molar-refractivity contribution in [2.75, 3.05) is 6.54 Å². The number of amides is 1. The molecule has 1 saturated heterocycles. The molecule has 1 aliphatic rings. The lowest BCUT2D eigenvalue weighted by atomic mass is 10.1. The second kappa shape index (κ2) is 5.18. The smallest absolute Gasteiger partial charge is 0.326 e. The Hall–Kier alpha value is -1.60. The van der Waals surface area contributed by atoms with E-state index in [-0.39, 0.29) is 24.3 Å². The number of carboxylic acids is 1. The van der Waals surface area contributed by atoms with Gasteiger partial charge >= 0.3 is 5.97 Å². The van der Waals surface area contributed by atoms with Gasteiger partial charge in [-0.15, -0.1) is 0 Å². The Labute approximate surface area is 117 Å². The Morgan fingerprint density at radius 1 is 1.37 bits per heavy atom. The van der Waals surface area contributed by atoms with Gasteiger partial charge in [0.05, 0.1) is 11.7 Å². The van der Waals surface area contributed by atoms with Crippen LogP contribution in [0.4, 0.5) is 0 Å². The minimum absolute atomic E-state index is 0.00162. The number of aliphatic hydroxyl groups excluding tert-OH is 1. The van der Waals surface area contributed by atoms with Crippen molar-refractivity contribution in [1.29, 1.82) is 0 Å². The second-order valence-corrected chi connectivity index (χ2v) is 5.28. The minimum Gasteiger partial charge on any atom is -0.507 e. The first-order valence-electron chi connectivity index (χ1n) is 5.60. The molecule has 7 heteroatoms. The standard InChI is InChI=1S/C12H12BrNO5/c13-6-1-2-8(10(16)3-6)11(17)14-5-7(15)4-9(14)12(18)19/h1-3,7,9,15-16H,4-5H2,(H,18,19). The van der Waals surface area contributed by atoms with E-state index in [0.29, 0.717) is 4.47 Å². The number of phenols is 1. The monoisotopic (exact) mass is 329 g/mol. The van der Waals surface area contributed by atoms with Crippen molar-refractivity contribution >= 4 is 27.8 Å². The van der Waals surface area contributed by atoms with Crippen molar-refractivity contribution in [3.63, 3.8) is 0 Å². The lowest BCUT2D eigenvalue weighted by molar-refractivity contribution is -0.141. The van der Waals surface area contributed by atoms with Gasteiger partial charge in [0.15, 0.2) is 0 Å². The zero-order chi connectivity index (χ0) is 14.2. The number of likely N-dealkylation sites (tertiary alicyclic amines) is 1. The number of rotatable bonds is 2. The van der Waals surface area contributed by atoms with E-state index in [1.807, 2.05) is 0 Å². The average Bonchev–Trinajstić information content (AvgIpc) is 2.70. The molecule has 1 amide bonds. The molecule has 1 fully saturated rings. The maximum absolute atomic E-state index is 12.2. The van der Waals surface area contributed by atoms with Crippen LogP contribution in [0.2, 0.25) is 0 Å². The lowest BCUT2D eigenvalue weighted by Crippen LogP contribution is -2.40. The Balaban J connectivity index is 2.30. The number of aromatic hydroxyl groups is 1. The summed E-state index contributed by atoms with van der Waals surface area (Å²) in [4.78, 5) is 24.3. The van der Waals surface area contributed by atoms with Crippen LogP contribution in [0.25, 0.3) is 0 Å². The van der Waals surface area contributed by atoms with E-state index >= 15 is 0 Å². The molecule has 1 heterocycles. The van der Waals surface area contributed by atoms with E-state index in [2.05, 4.69) is 15.9 Å². The van der Waals surface area contributed by atoms with Crippen LogP contribution < -0.4 is 0 Å². The Kier molecular flexibility index (Phi) is 3.77. The molecule has 0 bridgehead atoms. The molecule has 102 valence electrons. The first-order valence-corrected chi connectivity index (χ1v) is 6.40. The lowest BCUT2D eigenvalue weighted by Gasteiger charge is -2.21. The van der Waals surface area contributed by atoms with Gasteiger partial charge in [-0.25, -0.2) is 4.79 Å². The van der Waals surface area contributed by atoms with Crippen molar-refractivity contribution in [3.05, 3.63) is 28.2 Å². The van der Waals surface area contributed by atoms with Crippen molar-refractivity contribution in [3.8, 4) is 5.75 Å². The molecule has 2 atom stereocenters. The third-order valence-electron chi connectivity index (χ3n) is 3.02. The highest BCUT2D eigenvalue weighted by atomic mass is 79.9. The van der Waals surface area contributed by atoms with Gasteiger partial charge in [0.2, 0.25) is 0 Å². The molecule has 1 aromatic carbocycles. The topological polar surface area (TPSA) is 98.1 Å². The van der Waals surface area contributed by atoms with Crippen LogP contribution in [0.1, 0.15) is 16.8 Å². The quantitative estimate of drug-likeness (QED) is 0.746. The Morgan fingerprint density at radius 3 is 2.63 bits per heavy atom. The van der Waals surface area contributed by atoms with Crippen LogP contribution in [-0.2, 0) is 4.79 Å². The number of hydrogen-bond donors (Lipinski definition) is 3. The number of hydrogen-bond acceptors (Lipinski definition) is 4. The van der Waals surface area contributed by atoms with E-state index < -0.39 is 24.0 Å². The van der Waals surface area contributed by atoms with E-state index in [1.165, 1.54) is 12.1 Å². The molecule has 0 aromatic heterocycles. The van der Waals surface area contributed by atoms with E-state index in [0.717, 1.165) is 4.90 Å². The van der Waals surface area contributed by atoms with Gasteiger partial charge in [0.25, 0.3) is 5.91 Å². The molecule has 0 aliphatic carbocycles. The van der Waals surface area contributed by atoms with E-state index in [4.69, 9.17) is 5.11 Å². The van der Waals surface area contributed by atoms with Crippen LogP contribution in [0.3, 0.4) is 0 Å². The maximum atomic E-state index is 12.2. The number of carbonyl (C=O) groups excluding carboxylic acids is 1. The molecule has 19 heavy (non-hydrogen) atoms. The normalized spacial score (nSPS) is 22.5. The third-order valence-corrected chi connectivity index (χ3v) is 3.51. The van der Waals surface area contributed by atoms with Crippen LogP contribution in [-0.4, -0.2) is 50.8 Å². The number of halogens is 1. The Bertz CT molecular complexity index is 533. The highest BCUT2D eigenvalue weighted by Gasteiger charge is 2.39. The maximum Gasteiger partial charge on any atom is 0.326 e. The summed E-state index contributed by atoms with van der Waals surface area (Å²) in [5.41, 5.74) is 0.0172. The largest absolute Gasteiger partial charge is 0.507 e. The van der Waals surface area contributed by atoms with Gasteiger partial charge in [0.1, 0.15) is 11.8 Å². The van der Waals surface area contributed by atoms with Crippen LogP contribution in [0.5, 0.6) is 5.75 Å². The summed E-state index contributed by atoms with van der Waals surface area (Å²) >= 11 is 3.15. The average molecular weight is 330 g/mol. The SMILES string of the molecule is O=C(O)C1CC(O)CN1C(=O)c1ccc(Br)cc1O. The number of β-amino-alcohol motifs (C(OH)–C–C–N with tert-alkyl or cyclic N) is 1. The molecule has 2 rings (SSSR count). The highest BCUT2D eigenvalue weighted by Crippen LogP contribution is 2.27. The summed E-state index contributed by atoms with van der Waals surface area (Å²) in [5, 5.41) is 28.3. The Morgan fingerprint density at radius 2 is 2.05 bits per heavy atom. The predicted molar refractivity (Wildman–Crippen MR) is 68.9 cm³/mol. The van der Waals surface area contributed by atoms with Gasteiger partial charge in [-0.2, -0.15) is 0 Å². The molecule has 3 N–H and O–H groups in total. The van der Waals surface area contributed by atoms with Crippen LogP contribution in [0, 0.1) is 0 Å². The van der Waals surface area contributed by atoms with Gasteiger partial charge < -0.3 is 20.2 Å². The number of nitrogens with zero attached hydrogens (tertiary/aromatic N) is 1. The summed E-state index contributed by atoms with van der Waals surface area (Å²) in [6.45, 7) is -0.0503. The van der Waals surface area contributed by atoms with Gasteiger partial charge in [-0.3, -0.25) is 4.79 Å². The van der Waals surface area contributed by atoms with Gasteiger partial charge in [-0.1, -0.05) is 15.9 Å². The zero-order valence-electron chi connectivity index (χ0n) is 9.78. The van der Waals surface area contributed by atoms with Crippen LogP contribution in [0.15, 0.2) is 22.7 Å². The molecule has 2 unspecified atom stereocenters.